The maximum atomic E-state index is 2.52. The minimum Gasteiger partial charge on any atom is -0.0647 e. The monoisotopic (exact) mass is 450 g/mol. The summed E-state index contributed by atoms with van der Waals surface area (Å²) in [6, 6.07) is 23.8. The van der Waals surface area contributed by atoms with Crippen molar-refractivity contribution in [1.29, 1.82) is 0 Å². The predicted octanol–water partition coefficient (Wildman–Crippen LogP) is 6.76. The van der Waals surface area contributed by atoms with Gasteiger partial charge in [-0.25, -0.2) is 0 Å². The number of allylic oxidation sites excluding steroid dienone is 4. The first-order valence-corrected chi connectivity index (χ1v) is 14.2. The van der Waals surface area contributed by atoms with E-state index in [-0.39, 0.29) is 0 Å². The zero-order chi connectivity index (χ0) is 24.1. The highest BCUT2D eigenvalue weighted by Gasteiger charge is 2.50. The first-order valence-electron chi connectivity index (χ1n) is 12.2. The second-order valence-corrected chi connectivity index (χ2v) is 14.3. The molecule has 0 nitrogen and oxygen atoms in total. The van der Waals surface area contributed by atoms with Crippen molar-refractivity contribution >= 4 is 23.6 Å². The molecule has 0 saturated carbocycles. The van der Waals surface area contributed by atoms with Crippen LogP contribution in [0.15, 0.2) is 83.0 Å². The molecule has 0 aliphatic heterocycles. The summed E-state index contributed by atoms with van der Waals surface area (Å²) in [5.41, 5.74) is 13.4. The number of benzene rings is 3. The average molecular weight is 451 g/mol. The number of hydrogen-bond donors (Lipinski definition) is 0. The zero-order valence-electron chi connectivity index (χ0n) is 21.9. The molecule has 33 heavy (non-hydrogen) atoms. The van der Waals surface area contributed by atoms with E-state index in [1.807, 2.05) is 0 Å². The highest BCUT2D eigenvalue weighted by Crippen LogP contribution is 2.46. The van der Waals surface area contributed by atoms with Gasteiger partial charge in [0.25, 0.3) is 0 Å². The molecule has 0 saturated heterocycles. The summed E-state index contributed by atoms with van der Waals surface area (Å²) in [7, 11) is -2.46. The van der Waals surface area contributed by atoms with Crippen molar-refractivity contribution in [2.75, 3.05) is 0 Å². The quantitative estimate of drug-likeness (QED) is 0.304. The number of aryl methyl sites for hydroxylation is 4. The van der Waals surface area contributed by atoms with Crippen molar-refractivity contribution in [3.05, 3.63) is 111 Å². The van der Waals surface area contributed by atoms with Crippen LogP contribution in [-0.4, -0.2) is 8.07 Å². The lowest BCUT2D eigenvalue weighted by atomic mass is 10.1. The maximum absolute atomic E-state index is 2.52. The molecular formula is C32H38Si. The summed E-state index contributed by atoms with van der Waals surface area (Å²) in [5, 5.41) is 4.56. The summed E-state index contributed by atoms with van der Waals surface area (Å²) in [5.74, 6) is 0. The summed E-state index contributed by atoms with van der Waals surface area (Å²) < 4.78 is 0. The molecule has 0 fully saturated rings. The van der Waals surface area contributed by atoms with Gasteiger partial charge in [-0.1, -0.05) is 82.9 Å². The van der Waals surface area contributed by atoms with Gasteiger partial charge in [-0.2, -0.15) is 0 Å². The van der Waals surface area contributed by atoms with E-state index in [9.17, 15) is 0 Å². The van der Waals surface area contributed by atoms with Gasteiger partial charge < -0.3 is 0 Å². The van der Waals surface area contributed by atoms with Crippen LogP contribution in [0, 0.1) is 34.6 Å². The predicted molar refractivity (Wildman–Crippen MR) is 148 cm³/mol. The highest BCUT2D eigenvalue weighted by molar-refractivity contribution is 7.13. The van der Waals surface area contributed by atoms with Gasteiger partial charge in [-0.15, -0.1) is 0 Å². The minimum absolute atomic E-state index is 0.419. The van der Waals surface area contributed by atoms with E-state index in [2.05, 4.69) is 123 Å². The molecule has 1 aliphatic rings. The Morgan fingerprint density at radius 2 is 0.970 bits per heavy atom. The van der Waals surface area contributed by atoms with Gasteiger partial charge in [0.1, 0.15) is 0 Å². The van der Waals surface area contributed by atoms with Gasteiger partial charge >= 0.3 is 0 Å². The van der Waals surface area contributed by atoms with Crippen molar-refractivity contribution in [1.82, 2.24) is 0 Å². The fourth-order valence-corrected chi connectivity index (χ4v) is 12.4. The molecule has 1 aliphatic carbocycles. The Labute approximate surface area is 202 Å². The van der Waals surface area contributed by atoms with Crippen LogP contribution in [0.1, 0.15) is 55.5 Å². The SMILES string of the molecule is CC1=C(C)C([Si](c2ccccc2)(c2cc(C)cc(C)c2)c2cc(C)c(C)c(C)c2)C(C)=C1C. The molecule has 4 rings (SSSR count). The van der Waals surface area contributed by atoms with E-state index in [0.29, 0.717) is 5.54 Å². The molecule has 1 atom stereocenters. The fourth-order valence-electron chi connectivity index (χ4n) is 6.17. The summed E-state index contributed by atoms with van der Waals surface area (Å²) >= 11 is 0. The van der Waals surface area contributed by atoms with E-state index in [1.165, 1.54) is 54.5 Å². The van der Waals surface area contributed by atoms with E-state index in [4.69, 9.17) is 0 Å². The van der Waals surface area contributed by atoms with Crippen molar-refractivity contribution in [3.63, 3.8) is 0 Å². The fraction of sp³-hybridized carbons (Fsp3) is 0.312. The molecule has 0 radical (unpaired) electrons. The number of rotatable bonds is 4. The van der Waals surface area contributed by atoms with Gasteiger partial charge in [-0.3, -0.25) is 0 Å². The Kier molecular flexibility index (Phi) is 6.14. The third-order valence-corrected chi connectivity index (χ3v) is 13.7. The van der Waals surface area contributed by atoms with Crippen LogP contribution in [0.4, 0.5) is 0 Å². The Balaban J connectivity index is 2.24. The third-order valence-electron chi connectivity index (χ3n) is 8.33. The van der Waals surface area contributed by atoms with Gasteiger partial charge in [-0.05, 0) is 106 Å². The second kappa shape index (κ2) is 8.61. The topological polar surface area (TPSA) is 0 Å². The molecule has 0 N–H and O–H groups in total. The molecule has 3 aromatic carbocycles. The minimum atomic E-state index is -2.46. The normalized spacial score (nSPS) is 16.5. The lowest BCUT2D eigenvalue weighted by Gasteiger charge is -2.42. The third kappa shape index (κ3) is 3.67. The highest BCUT2D eigenvalue weighted by atomic mass is 28.3. The van der Waals surface area contributed by atoms with Crippen LogP contribution in [0.5, 0.6) is 0 Å². The smallest absolute Gasteiger partial charge is 0.0647 e. The lowest BCUT2D eigenvalue weighted by molar-refractivity contribution is 1.09. The summed E-state index contributed by atoms with van der Waals surface area (Å²) in [4.78, 5) is 0. The first kappa shape index (κ1) is 23.5. The molecule has 0 aromatic heterocycles. The van der Waals surface area contributed by atoms with Crippen molar-refractivity contribution in [2.45, 2.75) is 67.9 Å². The van der Waals surface area contributed by atoms with Crippen LogP contribution < -0.4 is 15.6 Å². The molecule has 1 heteroatoms. The molecule has 1 unspecified atom stereocenters. The Hall–Kier alpha value is -2.64. The van der Waals surface area contributed by atoms with Gasteiger partial charge in [0.2, 0.25) is 0 Å². The van der Waals surface area contributed by atoms with Crippen LogP contribution >= 0.6 is 0 Å². The molecule has 0 bridgehead atoms. The number of hydrogen-bond acceptors (Lipinski definition) is 0. The summed E-state index contributed by atoms with van der Waals surface area (Å²) in [6.45, 7) is 20.8. The molecule has 0 amide bonds. The Morgan fingerprint density at radius 3 is 1.45 bits per heavy atom. The molecule has 0 heterocycles. The first-order chi connectivity index (χ1) is 15.6. The Morgan fingerprint density at radius 1 is 0.515 bits per heavy atom. The van der Waals surface area contributed by atoms with E-state index >= 15 is 0 Å². The molecule has 170 valence electrons. The van der Waals surface area contributed by atoms with Crippen LogP contribution in [0.25, 0.3) is 0 Å². The maximum Gasteiger partial charge on any atom is 0.159 e. The van der Waals surface area contributed by atoms with E-state index in [1.54, 1.807) is 11.1 Å². The van der Waals surface area contributed by atoms with E-state index in [0.717, 1.165) is 0 Å². The largest absolute Gasteiger partial charge is 0.159 e. The van der Waals surface area contributed by atoms with Gasteiger partial charge in [0.05, 0.1) is 0 Å². The Bertz CT molecular complexity index is 1220. The van der Waals surface area contributed by atoms with Crippen molar-refractivity contribution < 1.29 is 0 Å². The van der Waals surface area contributed by atoms with E-state index < -0.39 is 8.07 Å². The van der Waals surface area contributed by atoms with Gasteiger partial charge in [0, 0.05) is 5.54 Å². The van der Waals surface area contributed by atoms with Gasteiger partial charge in [0.15, 0.2) is 8.07 Å². The van der Waals surface area contributed by atoms with Crippen LogP contribution in [-0.2, 0) is 0 Å². The van der Waals surface area contributed by atoms with Crippen LogP contribution in [0.3, 0.4) is 0 Å². The molecular weight excluding hydrogens is 412 g/mol. The van der Waals surface area contributed by atoms with Crippen LogP contribution in [0.2, 0.25) is 5.54 Å². The molecule has 3 aromatic rings. The van der Waals surface area contributed by atoms with Crippen molar-refractivity contribution in [2.24, 2.45) is 0 Å². The average Bonchev–Trinajstić information content (AvgIpc) is 2.96. The zero-order valence-corrected chi connectivity index (χ0v) is 22.9. The lowest BCUT2D eigenvalue weighted by Crippen LogP contribution is -2.70. The summed E-state index contributed by atoms with van der Waals surface area (Å²) in [6.07, 6.45) is 0. The van der Waals surface area contributed by atoms with Crippen molar-refractivity contribution in [3.8, 4) is 0 Å². The molecule has 0 spiro atoms. The standard InChI is InChI=1S/C32H38Si/c1-20-15-21(2)17-30(16-20)33(29-13-11-10-12-14-29,31-18-22(3)24(5)23(4)19-31)32-27(8)25(6)26(7)28(32)9/h10-19,32H,1-9H3. The second-order valence-electron chi connectivity index (χ2n) is 10.3.